The van der Waals surface area contributed by atoms with Crippen LogP contribution in [0.3, 0.4) is 0 Å². The van der Waals surface area contributed by atoms with Crippen LogP contribution < -0.4 is 11.1 Å². The molecule has 0 aliphatic carbocycles. The lowest BCUT2D eigenvalue weighted by molar-refractivity contribution is 0.202. The first-order chi connectivity index (χ1) is 11.2. The number of aryl methyl sites for hydroxylation is 3. The molecule has 0 fully saturated rings. The van der Waals surface area contributed by atoms with Gasteiger partial charge in [0.05, 0.1) is 11.0 Å². The summed E-state index contributed by atoms with van der Waals surface area (Å²) in [6.45, 7) is 5.88. The average molecular weight is 309 g/mol. The Hall–Kier alpha value is -2.33. The Morgan fingerprint density at radius 3 is 2.61 bits per heavy atom. The molecule has 0 unspecified atom stereocenters. The minimum Gasteiger partial charge on any atom is -0.399 e. The van der Waals surface area contributed by atoms with Crippen molar-refractivity contribution in [2.75, 3.05) is 13.7 Å². The molecule has 4 heteroatoms. The highest BCUT2D eigenvalue weighted by molar-refractivity contribution is 5.95. The fourth-order valence-corrected chi connectivity index (χ4v) is 3.19. The summed E-state index contributed by atoms with van der Waals surface area (Å²) in [5, 5.41) is 7.43. The maximum atomic E-state index is 5.76. The van der Waals surface area contributed by atoms with Crippen LogP contribution in [0.25, 0.3) is 21.8 Å². The lowest BCUT2D eigenvalue weighted by atomic mass is 10.0. The van der Waals surface area contributed by atoms with Crippen LogP contribution in [0.15, 0.2) is 41.6 Å². The number of rotatable bonds is 4. The molecule has 0 spiro atoms. The molecule has 0 aliphatic heterocycles. The van der Waals surface area contributed by atoms with Crippen molar-refractivity contribution in [1.82, 2.24) is 4.57 Å². The average Bonchev–Trinajstić information content (AvgIpc) is 2.57. The summed E-state index contributed by atoms with van der Waals surface area (Å²) in [6, 6.07) is 12.6. The van der Waals surface area contributed by atoms with Crippen molar-refractivity contribution in [3.8, 4) is 0 Å². The molecule has 0 saturated heterocycles. The van der Waals surface area contributed by atoms with E-state index in [0.29, 0.717) is 6.54 Å². The van der Waals surface area contributed by atoms with Crippen molar-refractivity contribution in [3.63, 3.8) is 0 Å². The molecule has 1 aromatic heterocycles. The summed E-state index contributed by atoms with van der Waals surface area (Å²) in [5.74, 6) is 0. The van der Waals surface area contributed by atoms with E-state index in [-0.39, 0.29) is 0 Å². The standard InChI is InChI=1S/C19H23N3O/c1-13-9-10-16-18(21-23-3)15-7-4-5-8-17(15)22(12-6-11-20)19(16)14(13)2/h4-5,7-10H,6,11-12,20H2,1-3H3/b21-18+. The maximum absolute atomic E-state index is 5.76. The van der Waals surface area contributed by atoms with Gasteiger partial charge in [0.15, 0.2) is 0 Å². The highest BCUT2D eigenvalue weighted by atomic mass is 16.6. The Morgan fingerprint density at radius 2 is 1.87 bits per heavy atom. The van der Waals surface area contributed by atoms with Crippen LogP contribution in [0, 0.1) is 13.8 Å². The lowest BCUT2D eigenvalue weighted by Crippen LogP contribution is -2.16. The molecule has 0 radical (unpaired) electrons. The molecular formula is C19H23N3O. The zero-order valence-corrected chi connectivity index (χ0v) is 14.0. The molecule has 3 aromatic rings. The molecule has 0 bridgehead atoms. The van der Waals surface area contributed by atoms with Gasteiger partial charge >= 0.3 is 0 Å². The molecule has 4 nitrogen and oxygen atoms in total. The second-order valence-electron chi connectivity index (χ2n) is 5.84. The van der Waals surface area contributed by atoms with Crippen molar-refractivity contribution in [1.29, 1.82) is 0 Å². The number of nitrogens with zero attached hydrogens (tertiary/aromatic N) is 2. The van der Waals surface area contributed by atoms with Gasteiger partial charge in [-0.05, 0) is 44.0 Å². The van der Waals surface area contributed by atoms with Gasteiger partial charge in [-0.3, -0.25) is 0 Å². The lowest BCUT2D eigenvalue weighted by Gasteiger charge is -2.18. The van der Waals surface area contributed by atoms with Crippen molar-refractivity contribution in [3.05, 3.63) is 52.9 Å². The number of para-hydroxylation sites is 1. The third-order valence-corrected chi connectivity index (χ3v) is 4.45. The Bertz CT molecular complexity index is 925. The Labute approximate surface area is 136 Å². The van der Waals surface area contributed by atoms with Crippen LogP contribution in [0.1, 0.15) is 17.5 Å². The third-order valence-electron chi connectivity index (χ3n) is 4.45. The van der Waals surface area contributed by atoms with E-state index in [4.69, 9.17) is 10.6 Å². The molecule has 1 heterocycles. The molecule has 0 saturated carbocycles. The van der Waals surface area contributed by atoms with Gasteiger partial charge in [0, 0.05) is 17.3 Å². The van der Waals surface area contributed by atoms with Crippen molar-refractivity contribution >= 4 is 21.8 Å². The first kappa shape index (κ1) is 15.6. The van der Waals surface area contributed by atoms with E-state index in [2.05, 4.69) is 53.9 Å². The summed E-state index contributed by atoms with van der Waals surface area (Å²) >= 11 is 0. The van der Waals surface area contributed by atoms with Crippen LogP contribution in [-0.2, 0) is 11.4 Å². The van der Waals surface area contributed by atoms with Crippen LogP contribution in [0.5, 0.6) is 0 Å². The van der Waals surface area contributed by atoms with Gasteiger partial charge in [0.2, 0.25) is 0 Å². The number of benzene rings is 2. The zero-order valence-electron chi connectivity index (χ0n) is 14.0. The van der Waals surface area contributed by atoms with Gasteiger partial charge in [-0.2, -0.15) is 0 Å². The fourth-order valence-electron chi connectivity index (χ4n) is 3.19. The molecule has 2 N–H and O–H groups in total. The Kier molecular flexibility index (Phi) is 4.35. The van der Waals surface area contributed by atoms with Crippen molar-refractivity contribution < 1.29 is 4.84 Å². The maximum Gasteiger partial charge on any atom is 0.121 e. The Balaban J connectivity index is 2.57. The molecule has 3 rings (SSSR count). The molecule has 2 aromatic carbocycles. The van der Waals surface area contributed by atoms with Crippen LogP contribution >= 0.6 is 0 Å². The molecular weight excluding hydrogens is 286 g/mol. The fraction of sp³-hybridized carbons (Fsp3) is 0.316. The second-order valence-corrected chi connectivity index (χ2v) is 5.84. The summed E-state index contributed by atoms with van der Waals surface area (Å²) < 4.78 is 2.37. The first-order valence-corrected chi connectivity index (χ1v) is 7.97. The minimum absolute atomic E-state index is 0.678. The molecule has 0 amide bonds. The highest BCUT2D eigenvalue weighted by Gasteiger charge is 2.12. The molecule has 0 aliphatic rings. The molecule has 0 atom stereocenters. The van der Waals surface area contributed by atoms with Gasteiger partial charge in [-0.1, -0.05) is 35.5 Å². The highest BCUT2D eigenvalue weighted by Crippen LogP contribution is 2.24. The smallest absolute Gasteiger partial charge is 0.121 e. The number of hydrogen-bond donors (Lipinski definition) is 1. The molecule has 23 heavy (non-hydrogen) atoms. The van der Waals surface area contributed by atoms with E-state index in [1.807, 2.05) is 6.07 Å². The van der Waals surface area contributed by atoms with E-state index in [0.717, 1.165) is 34.6 Å². The van der Waals surface area contributed by atoms with Crippen LogP contribution in [0.4, 0.5) is 0 Å². The van der Waals surface area contributed by atoms with E-state index in [1.54, 1.807) is 7.11 Å². The number of hydrogen-bond acceptors (Lipinski definition) is 3. The minimum atomic E-state index is 0.678. The largest absolute Gasteiger partial charge is 0.399 e. The number of nitrogens with two attached hydrogens (primary N) is 1. The molecule has 120 valence electrons. The third kappa shape index (κ3) is 2.59. The van der Waals surface area contributed by atoms with Gasteiger partial charge in [0.25, 0.3) is 0 Å². The van der Waals surface area contributed by atoms with Gasteiger partial charge in [0.1, 0.15) is 12.5 Å². The van der Waals surface area contributed by atoms with Crippen LogP contribution in [0.2, 0.25) is 0 Å². The summed E-state index contributed by atoms with van der Waals surface area (Å²) in [6.07, 6.45) is 0.942. The SMILES string of the molecule is CO/N=c1\c2ccccc2n(CCCN)c2c(C)c(C)ccc12. The van der Waals surface area contributed by atoms with Crippen LogP contribution in [-0.4, -0.2) is 18.2 Å². The summed E-state index contributed by atoms with van der Waals surface area (Å²) in [5.41, 5.74) is 10.7. The quantitative estimate of drug-likeness (QED) is 0.594. The predicted octanol–water partition coefficient (Wildman–Crippen LogP) is 3.22. The topological polar surface area (TPSA) is 52.5 Å². The van der Waals surface area contributed by atoms with E-state index < -0.39 is 0 Å². The van der Waals surface area contributed by atoms with Gasteiger partial charge in [-0.15, -0.1) is 0 Å². The normalized spacial score (nSPS) is 12.3. The number of fused-ring (bicyclic) bond motifs is 2. The number of pyridine rings is 1. The van der Waals surface area contributed by atoms with E-state index in [1.165, 1.54) is 16.6 Å². The zero-order chi connectivity index (χ0) is 16.4. The Morgan fingerprint density at radius 1 is 1.09 bits per heavy atom. The van der Waals surface area contributed by atoms with E-state index in [9.17, 15) is 0 Å². The first-order valence-electron chi connectivity index (χ1n) is 7.97. The second kappa shape index (κ2) is 6.42. The van der Waals surface area contributed by atoms with Crippen molar-refractivity contribution in [2.24, 2.45) is 10.9 Å². The predicted molar refractivity (Wildman–Crippen MR) is 95.2 cm³/mol. The van der Waals surface area contributed by atoms with E-state index >= 15 is 0 Å². The monoisotopic (exact) mass is 309 g/mol. The van der Waals surface area contributed by atoms with Crippen molar-refractivity contribution in [2.45, 2.75) is 26.8 Å². The summed E-state index contributed by atoms with van der Waals surface area (Å²) in [4.78, 5) is 5.13. The van der Waals surface area contributed by atoms with Gasteiger partial charge in [-0.25, -0.2) is 0 Å². The number of aromatic nitrogens is 1. The summed E-state index contributed by atoms with van der Waals surface area (Å²) in [7, 11) is 1.59. The van der Waals surface area contributed by atoms with Gasteiger partial charge < -0.3 is 15.1 Å².